The average Bonchev–Trinajstić information content (AvgIpc) is 2.68. The van der Waals surface area contributed by atoms with E-state index in [0.29, 0.717) is 17.7 Å². The van der Waals surface area contributed by atoms with Crippen LogP contribution >= 0.6 is 0 Å². The van der Waals surface area contributed by atoms with Gasteiger partial charge in [-0.05, 0) is 23.3 Å². The number of nitrogens with zero attached hydrogens (tertiary/aromatic N) is 3. The first kappa shape index (κ1) is 17.0. The molecule has 0 fully saturated rings. The van der Waals surface area contributed by atoms with Crippen LogP contribution in [-0.2, 0) is 0 Å². The molecule has 2 aromatic carbocycles. The quantitative estimate of drug-likeness (QED) is 0.718. The van der Waals surface area contributed by atoms with Gasteiger partial charge in [-0.1, -0.05) is 60.7 Å². The Hall–Kier alpha value is -2.83. The summed E-state index contributed by atoms with van der Waals surface area (Å²) in [6.07, 6.45) is -2.06. The summed E-state index contributed by atoms with van der Waals surface area (Å²) in [6.45, 7) is 2.16. The van der Waals surface area contributed by atoms with Crippen LogP contribution in [0.25, 0.3) is 0 Å². The van der Waals surface area contributed by atoms with Gasteiger partial charge < -0.3 is 14.9 Å². The lowest BCUT2D eigenvalue weighted by Gasteiger charge is -2.19. The number of aromatic nitrogens is 3. The van der Waals surface area contributed by atoms with Crippen molar-refractivity contribution >= 4 is 0 Å². The van der Waals surface area contributed by atoms with Crippen molar-refractivity contribution in [1.82, 2.24) is 15.4 Å². The molecule has 1 heterocycles. The van der Waals surface area contributed by atoms with E-state index in [1.807, 2.05) is 43.3 Å². The van der Waals surface area contributed by atoms with Crippen LogP contribution in [0.1, 0.15) is 41.6 Å². The van der Waals surface area contributed by atoms with Crippen LogP contribution in [0, 0.1) is 0 Å². The predicted octanol–water partition coefficient (Wildman–Crippen LogP) is 2.43. The summed E-state index contributed by atoms with van der Waals surface area (Å²) in [5.74, 6) is 0.255. The SMILES string of the molecule is CCOc1c(C(O)c2ccccc2)nnnc1C(O)c1ccccc1. The Kier molecular flexibility index (Phi) is 5.33. The molecule has 0 bridgehead atoms. The van der Waals surface area contributed by atoms with Crippen molar-refractivity contribution in [3.8, 4) is 5.75 Å². The van der Waals surface area contributed by atoms with E-state index in [-0.39, 0.29) is 17.1 Å². The number of benzene rings is 2. The van der Waals surface area contributed by atoms with Crippen LogP contribution in [0.3, 0.4) is 0 Å². The molecule has 0 saturated heterocycles. The third kappa shape index (κ3) is 3.65. The zero-order valence-corrected chi connectivity index (χ0v) is 13.8. The fourth-order valence-electron chi connectivity index (χ4n) is 2.58. The van der Waals surface area contributed by atoms with Gasteiger partial charge in [0, 0.05) is 0 Å². The lowest BCUT2D eigenvalue weighted by molar-refractivity contribution is 0.187. The first-order valence-corrected chi connectivity index (χ1v) is 8.04. The fraction of sp³-hybridized carbons (Fsp3) is 0.211. The van der Waals surface area contributed by atoms with Crippen molar-refractivity contribution in [2.45, 2.75) is 19.1 Å². The zero-order valence-electron chi connectivity index (χ0n) is 13.8. The van der Waals surface area contributed by atoms with E-state index >= 15 is 0 Å². The molecule has 0 spiro atoms. The molecular weight excluding hydrogens is 318 g/mol. The van der Waals surface area contributed by atoms with Gasteiger partial charge in [0.25, 0.3) is 0 Å². The van der Waals surface area contributed by atoms with Gasteiger partial charge in [-0.2, -0.15) is 0 Å². The van der Waals surface area contributed by atoms with Crippen LogP contribution in [0.2, 0.25) is 0 Å². The van der Waals surface area contributed by atoms with E-state index in [1.165, 1.54) is 0 Å². The molecule has 6 heteroatoms. The Labute approximate surface area is 145 Å². The van der Waals surface area contributed by atoms with Crippen LogP contribution < -0.4 is 4.74 Å². The molecule has 0 aliphatic rings. The van der Waals surface area contributed by atoms with Crippen LogP contribution in [-0.4, -0.2) is 32.2 Å². The number of hydrogen-bond acceptors (Lipinski definition) is 6. The minimum atomic E-state index is -1.03. The highest BCUT2D eigenvalue weighted by Crippen LogP contribution is 2.34. The summed E-state index contributed by atoms with van der Waals surface area (Å²) in [5.41, 5.74) is 1.77. The van der Waals surface area contributed by atoms with Crippen molar-refractivity contribution in [2.24, 2.45) is 0 Å². The molecule has 0 aliphatic heterocycles. The second kappa shape index (κ2) is 7.83. The lowest BCUT2D eigenvalue weighted by Crippen LogP contribution is -2.15. The molecule has 2 unspecified atom stereocenters. The molecule has 3 aromatic rings. The monoisotopic (exact) mass is 337 g/mol. The molecular formula is C19H19N3O3. The van der Waals surface area contributed by atoms with Crippen molar-refractivity contribution in [1.29, 1.82) is 0 Å². The Balaban J connectivity index is 2.05. The van der Waals surface area contributed by atoms with Gasteiger partial charge in [-0.15, -0.1) is 10.2 Å². The summed E-state index contributed by atoms with van der Waals surface area (Å²) in [6, 6.07) is 18.2. The van der Waals surface area contributed by atoms with E-state index in [9.17, 15) is 10.2 Å². The van der Waals surface area contributed by atoms with E-state index in [1.54, 1.807) is 24.3 Å². The number of rotatable bonds is 6. The van der Waals surface area contributed by atoms with Gasteiger partial charge in [-0.3, -0.25) is 0 Å². The molecule has 6 nitrogen and oxygen atoms in total. The Morgan fingerprint density at radius 2 is 1.24 bits per heavy atom. The third-order valence-corrected chi connectivity index (χ3v) is 3.81. The summed E-state index contributed by atoms with van der Waals surface area (Å²) >= 11 is 0. The minimum absolute atomic E-state index is 0.230. The second-order valence-electron chi connectivity index (χ2n) is 5.45. The van der Waals surface area contributed by atoms with Gasteiger partial charge in [0.05, 0.1) is 6.61 Å². The topological polar surface area (TPSA) is 88.4 Å². The maximum Gasteiger partial charge on any atom is 0.172 e. The van der Waals surface area contributed by atoms with Crippen LogP contribution in [0.15, 0.2) is 60.7 Å². The molecule has 0 radical (unpaired) electrons. The fourth-order valence-corrected chi connectivity index (χ4v) is 2.58. The van der Waals surface area contributed by atoms with Crippen LogP contribution in [0.4, 0.5) is 0 Å². The van der Waals surface area contributed by atoms with Gasteiger partial charge in [-0.25, -0.2) is 0 Å². The highest BCUT2D eigenvalue weighted by molar-refractivity contribution is 5.41. The Morgan fingerprint density at radius 1 is 0.800 bits per heavy atom. The minimum Gasteiger partial charge on any atom is -0.490 e. The van der Waals surface area contributed by atoms with E-state index in [0.717, 1.165) is 0 Å². The van der Waals surface area contributed by atoms with Crippen molar-refractivity contribution < 1.29 is 14.9 Å². The highest BCUT2D eigenvalue weighted by atomic mass is 16.5. The highest BCUT2D eigenvalue weighted by Gasteiger charge is 2.26. The molecule has 128 valence electrons. The van der Waals surface area contributed by atoms with Gasteiger partial charge in [0.2, 0.25) is 0 Å². The predicted molar refractivity (Wildman–Crippen MR) is 92.0 cm³/mol. The Morgan fingerprint density at radius 3 is 1.64 bits per heavy atom. The van der Waals surface area contributed by atoms with Crippen molar-refractivity contribution in [3.63, 3.8) is 0 Å². The number of ether oxygens (including phenoxy) is 1. The first-order valence-electron chi connectivity index (χ1n) is 8.04. The number of aliphatic hydroxyl groups excluding tert-OH is 2. The number of hydrogen-bond donors (Lipinski definition) is 2. The van der Waals surface area contributed by atoms with Gasteiger partial charge in [0.1, 0.15) is 23.6 Å². The maximum absolute atomic E-state index is 10.7. The molecule has 25 heavy (non-hydrogen) atoms. The first-order chi connectivity index (χ1) is 12.2. The number of aliphatic hydroxyl groups is 2. The van der Waals surface area contributed by atoms with E-state index in [2.05, 4.69) is 15.4 Å². The molecule has 0 saturated carbocycles. The van der Waals surface area contributed by atoms with E-state index in [4.69, 9.17) is 4.74 Å². The molecule has 2 N–H and O–H groups in total. The average molecular weight is 337 g/mol. The molecule has 0 amide bonds. The lowest BCUT2D eigenvalue weighted by atomic mass is 10.0. The maximum atomic E-state index is 10.7. The van der Waals surface area contributed by atoms with Gasteiger partial charge >= 0.3 is 0 Å². The van der Waals surface area contributed by atoms with Crippen LogP contribution in [0.5, 0.6) is 5.75 Å². The molecule has 0 aliphatic carbocycles. The normalized spacial score (nSPS) is 13.2. The molecule has 3 rings (SSSR count). The summed E-state index contributed by atoms with van der Waals surface area (Å²) < 4.78 is 5.67. The third-order valence-electron chi connectivity index (χ3n) is 3.81. The molecule has 1 aromatic heterocycles. The molecule has 2 atom stereocenters. The van der Waals surface area contributed by atoms with Gasteiger partial charge in [0.15, 0.2) is 5.75 Å². The van der Waals surface area contributed by atoms with Crippen molar-refractivity contribution in [3.05, 3.63) is 83.2 Å². The largest absolute Gasteiger partial charge is 0.490 e. The summed E-state index contributed by atoms with van der Waals surface area (Å²) in [4.78, 5) is 0. The zero-order chi connectivity index (χ0) is 17.6. The van der Waals surface area contributed by atoms with Crippen molar-refractivity contribution in [2.75, 3.05) is 6.61 Å². The standard InChI is InChI=1S/C19H19N3O3/c1-2-25-19-15(17(23)13-9-5-3-6-10-13)20-22-21-16(19)18(24)14-11-7-4-8-12-14/h3-12,17-18,23-24H,2H2,1H3. The summed E-state index contributed by atoms with van der Waals surface area (Å²) in [7, 11) is 0. The van der Waals surface area contributed by atoms with E-state index < -0.39 is 12.2 Å². The smallest absolute Gasteiger partial charge is 0.172 e. The Bertz CT molecular complexity index is 749. The summed E-state index contributed by atoms with van der Waals surface area (Å²) in [5, 5.41) is 33.0. The second-order valence-corrected chi connectivity index (χ2v) is 5.45.